The van der Waals surface area contributed by atoms with Crippen LogP contribution in [-0.2, 0) is 0 Å². The van der Waals surface area contributed by atoms with Gasteiger partial charge in [0.05, 0.1) is 17.2 Å². The Bertz CT molecular complexity index is 1080. The Morgan fingerprint density at radius 3 is 2.50 bits per heavy atom. The van der Waals surface area contributed by atoms with Crippen molar-refractivity contribution in [3.8, 4) is 0 Å². The molecule has 0 radical (unpaired) electrons. The summed E-state index contributed by atoms with van der Waals surface area (Å²) in [5, 5.41) is 24.5. The lowest BCUT2D eigenvalue weighted by Crippen LogP contribution is -2.49. The van der Waals surface area contributed by atoms with Crippen molar-refractivity contribution in [2.75, 3.05) is 26.2 Å². The third-order valence-electron chi connectivity index (χ3n) is 7.72. The van der Waals surface area contributed by atoms with Crippen molar-refractivity contribution in [2.24, 2.45) is 5.92 Å². The number of carbonyl (C=O) groups is 1. The normalized spacial score (nSPS) is 24.6. The fourth-order valence-corrected chi connectivity index (χ4v) is 5.58. The van der Waals surface area contributed by atoms with Crippen molar-refractivity contribution >= 4 is 16.8 Å². The van der Waals surface area contributed by atoms with Gasteiger partial charge < -0.3 is 25.0 Å². The molecule has 0 bridgehead atoms. The lowest BCUT2D eigenvalue weighted by molar-refractivity contribution is -0.0572. The molecule has 1 aliphatic heterocycles. The molecule has 2 fully saturated rings. The van der Waals surface area contributed by atoms with E-state index in [9.17, 15) is 19.8 Å². The number of rotatable bonds is 6. The number of hydrogen-bond acceptors (Lipinski definition) is 5. The van der Waals surface area contributed by atoms with Crippen molar-refractivity contribution in [3.05, 3.63) is 45.7 Å². The van der Waals surface area contributed by atoms with Crippen LogP contribution in [0.2, 0.25) is 0 Å². The first-order chi connectivity index (χ1) is 16.2. The molecule has 2 aliphatic rings. The van der Waals surface area contributed by atoms with Crippen molar-refractivity contribution in [2.45, 2.75) is 77.0 Å². The summed E-state index contributed by atoms with van der Waals surface area (Å²) in [6.07, 6.45) is 4.29. The molecule has 3 N–H and O–H groups in total. The predicted octanol–water partition coefficient (Wildman–Crippen LogP) is 3.00. The van der Waals surface area contributed by atoms with Crippen LogP contribution in [0.3, 0.4) is 0 Å². The maximum Gasteiger partial charge on any atom is 0.264 e. The SMILES string of the molecule is Cc1cccc2c1cc(C(=O)NCC1CCN(C[C@]3(O)CC[C@@H](O)CC3)CC1)c(=O)n2C(C)C. The summed E-state index contributed by atoms with van der Waals surface area (Å²) in [5.41, 5.74) is 1.17. The third kappa shape index (κ3) is 5.37. The van der Waals surface area contributed by atoms with E-state index in [0.717, 1.165) is 42.4 Å². The first-order valence-corrected chi connectivity index (χ1v) is 12.7. The van der Waals surface area contributed by atoms with Crippen LogP contribution in [-0.4, -0.2) is 63.5 Å². The van der Waals surface area contributed by atoms with Gasteiger partial charge >= 0.3 is 0 Å². The van der Waals surface area contributed by atoms with Gasteiger partial charge in [0.1, 0.15) is 5.56 Å². The second kappa shape index (κ2) is 10.2. The number of aryl methyl sites for hydroxylation is 1. The number of hydrogen-bond donors (Lipinski definition) is 3. The Balaban J connectivity index is 1.36. The maximum atomic E-state index is 13.2. The number of aromatic nitrogens is 1. The molecule has 186 valence electrons. The number of nitrogens with zero attached hydrogens (tertiary/aromatic N) is 2. The van der Waals surface area contributed by atoms with Gasteiger partial charge in [-0.2, -0.15) is 0 Å². The van der Waals surface area contributed by atoms with E-state index < -0.39 is 5.60 Å². The molecule has 1 saturated carbocycles. The molecule has 1 saturated heterocycles. The zero-order valence-electron chi connectivity index (χ0n) is 20.7. The topological polar surface area (TPSA) is 94.8 Å². The molecule has 2 heterocycles. The second-order valence-electron chi connectivity index (χ2n) is 10.7. The number of nitrogens with one attached hydrogen (secondary N) is 1. The van der Waals surface area contributed by atoms with E-state index in [1.54, 1.807) is 10.6 Å². The minimum atomic E-state index is -0.690. The zero-order chi connectivity index (χ0) is 24.5. The van der Waals surface area contributed by atoms with E-state index in [0.29, 0.717) is 44.7 Å². The van der Waals surface area contributed by atoms with E-state index in [4.69, 9.17) is 0 Å². The van der Waals surface area contributed by atoms with Crippen LogP contribution in [0.1, 0.15) is 74.3 Å². The monoisotopic (exact) mass is 469 g/mol. The van der Waals surface area contributed by atoms with Crippen molar-refractivity contribution in [1.82, 2.24) is 14.8 Å². The molecule has 0 spiro atoms. The Hall–Kier alpha value is -2.22. The Labute approximate surface area is 201 Å². The first-order valence-electron chi connectivity index (χ1n) is 12.7. The minimum absolute atomic E-state index is 0.0453. The molecule has 0 unspecified atom stereocenters. The molecule has 34 heavy (non-hydrogen) atoms. The second-order valence-corrected chi connectivity index (χ2v) is 10.7. The lowest BCUT2D eigenvalue weighted by Gasteiger charge is -2.41. The fraction of sp³-hybridized carbons (Fsp3) is 0.630. The van der Waals surface area contributed by atoms with Crippen LogP contribution in [0.5, 0.6) is 0 Å². The average Bonchev–Trinajstić information content (AvgIpc) is 2.80. The van der Waals surface area contributed by atoms with Crippen LogP contribution in [0.4, 0.5) is 0 Å². The molecular formula is C27H39N3O4. The van der Waals surface area contributed by atoms with Crippen molar-refractivity contribution in [3.63, 3.8) is 0 Å². The number of fused-ring (bicyclic) bond motifs is 1. The number of aliphatic hydroxyl groups is 2. The average molecular weight is 470 g/mol. The Morgan fingerprint density at radius 1 is 1.18 bits per heavy atom. The zero-order valence-corrected chi connectivity index (χ0v) is 20.7. The molecule has 1 amide bonds. The molecule has 7 nitrogen and oxygen atoms in total. The highest BCUT2D eigenvalue weighted by molar-refractivity contribution is 5.98. The number of aliphatic hydroxyl groups excluding tert-OH is 1. The van der Waals surface area contributed by atoms with Crippen LogP contribution in [0.15, 0.2) is 29.1 Å². The quantitative estimate of drug-likeness (QED) is 0.605. The largest absolute Gasteiger partial charge is 0.393 e. The van der Waals surface area contributed by atoms with Gasteiger partial charge in [-0.15, -0.1) is 0 Å². The summed E-state index contributed by atoms with van der Waals surface area (Å²) in [7, 11) is 0. The Morgan fingerprint density at radius 2 is 1.85 bits per heavy atom. The number of piperidine rings is 1. The predicted molar refractivity (Wildman–Crippen MR) is 134 cm³/mol. The highest BCUT2D eigenvalue weighted by Gasteiger charge is 2.35. The van der Waals surface area contributed by atoms with Gasteiger partial charge in [0.25, 0.3) is 11.5 Å². The Kier molecular flexibility index (Phi) is 7.45. The van der Waals surface area contributed by atoms with E-state index >= 15 is 0 Å². The highest BCUT2D eigenvalue weighted by atomic mass is 16.3. The number of amides is 1. The molecule has 1 aromatic carbocycles. The lowest BCUT2D eigenvalue weighted by atomic mass is 9.82. The molecular weight excluding hydrogens is 430 g/mol. The van der Waals surface area contributed by atoms with Gasteiger partial charge in [-0.05, 0) is 96.0 Å². The van der Waals surface area contributed by atoms with Gasteiger partial charge in [0, 0.05) is 24.5 Å². The number of likely N-dealkylation sites (tertiary alicyclic amines) is 1. The number of pyridine rings is 1. The fourth-order valence-electron chi connectivity index (χ4n) is 5.58. The molecule has 2 aromatic rings. The van der Waals surface area contributed by atoms with Gasteiger partial charge in [-0.1, -0.05) is 12.1 Å². The summed E-state index contributed by atoms with van der Waals surface area (Å²) >= 11 is 0. The van der Waals surface area contributed by atoms with Crippen molar-refractivity contribution in [1.29, 1.82) is 0 Å². The first kappa shape index (κ1) is 24.9. The van der Waals surface area contributed by atoms with E-state index in [-0.39, 0.29) is 29.2 Å². The molecule has 4 rings (SSSR count). The maximum absolute atomic E-state index is 13.2. The van der Waals surface area contributed by atoms with Gasteiger partial charge in [0.2, 0.25) is 0 Å². The van der Waals surface area contributed by atoms with Crippen molar-refractivity contribution < 1.29 is 15.0 Å². The van der Waals surface area contributed by atoms with Gasteiger partial charge in [0.15, 0.2) is 0 Å². The smallest absolute Gasteiger partial charge is 0.264 e. The van der Waals surface area contributed by atoms with Gasteiger partial charge in [-0.3, -0.25) is 9.59 Å². The highest BCUT2D eigenvalue weighted by Crippen LogP contribution is 2.30. The molecule has 7 heteroatoms. The van der Waals surface area contributed by atoms with Gasteiger partial charge in [-0.25, -0.2) is 0 Å². The summed E-state index contributed by atoms with van der Waals surface area (Å²) in [6, 6.07) is 7.57. The number of β-amino-alcohol motifs (C(OH)–C–C–N with tert-alkyl or cyclic N) is 1. The standard InChI is InChI=1S/C27H39N3O4/c1-18(2)30-24-6-4-5-19(3)22(24)15-23(26(30)33)25(32)28-16-20-9-13-29(14-10-20)17-27(34)11-7-21(31)8-12-27/h4-6,15,18,20-21,31,34H,7-14,16-17H2,1-3H3,(H,28,32)/t21-,27+. The minimum Gasteiger partial charge on any atom is -0.393 e. The van der Waals surface area contributed by atoms with Crippen LogP contribution in [0, 0.1) is 12.8 Å². The summed E-state index contributed by atoms with van der Waals surface area (Å²) in [4.78, 5) is 28.5. The summed E-state index contributed by atoms with van der Waals surface area (Å²) < 4.78 is 1.71. The van der Waals surface area contributed by atoms with Crippen LogP contribution in [0.25, 0.3) is 10.9 Å². The third-order valence-corrected chi connectivity index (χ3v) is 7.72. The van der Waals surface area contributed by atoms with E-state index in [1.807, 2.05) is 39.0 Å². The van der Waals surface area contributed by atoms with E-state index in [1.165, 1.54) is 0 Å². The molecule has 1 aliphatic carbocycles. The van der Waals surface area contributed by atoms with Crippen LogP contribution >= 0.6 is 0 Å². The number of carbonyl (C=O) groups excluding carboxylic acids is 1. The van der Waals surface area contributed by atoms with E-state index in [2.05, 4.69) is 10.2 Å². The van der Waals surface area contributed by atoms with Crippen LogP contribution < -0.4 is 10.9 Å². The molecule has 1 aromatic heterocycles. The number of benzene rings is 1. The summed E-state index contributed by atoms with van der Waals surface area (Å²) in [6.45, 7) is 8.91. The summed E-state index contributed by atoms with van der Waals surface area (Å²) in [5.74, 6) is 0.0552. The molecule has 0 atom stereocenters.